The van der Waals surface area contributed by atoms with Crippen molar-refractivity contribution in [3.05, 3.63) is 18.1 Å². The molecule has 18 heavy (non-hydrogen) atoms. The molecule has 6 nitrogen and oxygen atoms in total. The Morgan fingerprint density at radius 3 is 2.72 bits per heavy atom. The Balaban J connectivity index is 2.17. The van der Waals surface area contributed by atoms with E-state index in [4.69, 9.17) is 22.7 Å². The van der Waals surface area contributed by atoms with Gasteiger partial charge in [0.1, 0.15) is 16.5 Å². The number of nitrogens with two attached hydrogens (primary N) is 1. The molecule has 0 aliphatic carbocycles. The molecular weight excluding hydrogens is 250 g/mol. The molecule has 7 heteroatoms. The van der Waals surface area contributed by atoms with Crippen LogP contribution in [-0.2, 0) is 4.74 Å². The lowest BCUT2D eigenvalue weighted by Gasteiger charge is -2.10. The largest absolute Gasteiger partial charge is 0.388 e. The zero-order chi connectivity index (χ0) is 13.4. The Morgan fingerprint density at radius 1 is 1.39 bits per heavy atom. The first kappa shape index (κ1) is 14.7. The third-order valence-electron chi connectivity index (χ3n) is 2.14. The lowest BCUT2D eigenvalue weighted by atomic mass is 10.4. The molecule has 1 aromatic rings. The summed E-state index contributed by atoms with van der Waals surface area (Å²) in [7, 11) is 4.03. The van der Waals surface area contributed by atoms with Crippen LogP contribution in [0.5, 0.6) is 0 Å². The van der Waals surface area contributed by atoms with Gasteiger partial charge in [-0.25, -0.2) is 9.97 Å². The van der Waals surface area contributed by atoms with Crippen LogP contribution in [0.2, 0.25) is 0 Å². The second-order valence-electron chi connectivity index (χ2n) is 3.99. The van der Waals surface area contributed by atoms with Crippen molar-refractivity contribution in [2.24, 2.45) is 5.73 Å². The number of nitrogens with one attached hydrogen (secondary N) is 1. The molecule has 0 unspecified atom stereocenters. The summed E-state index contributed by atoms with van der Waals surface area (Å²) in [5.41, 5.74) is 5.95. The van der Waals surface area contributed by atoms with Crippen LogP contribution < -0.4 is 11.1 Å². The fourth-order valence-corrected chi connectivity index (χ4v) is 1.25. The highest BCUT2D eigenvalue weighted by molar-refractivity contribution is 7.80. The second kappa shape index (κ2) is 7.91. The summed E-state index contributed by atoms with van der Waals surface area (Å²) in [6.45, 7) is 2.96. The van der Waals surface area contributed by atoms with Crippen molar-refractivity contribution in [3.8, 4) is 0 Å². The van der Waals surface area contributed by atoms with Gasteiger partial charge in [0.2, 0.25) is 0 Å². The molecule has 1 rings (SSSR count). The maximum absolute atomic E-state index is 5.44. The minimum Gasteiger partial charge on any atom is -0.388 e. The summed E-state index contributed by atoms with van der Waals surface area (Å²) in [5.74, 6) is 0.686. The van der Waals surface area contributed by atoms with Crippen LogP contribution in [0.15, 0.2) is 12.4 Å². The lowest BCUT2D eigenvalue weighted by Crippen LogP contribution is -2.20. The predicted octanol–water partition coefficient (Wildman–Crippen LogP) is 0.101. The van der Waals surface area contributed by atoms with Crippen molar-refractivity contribution < 1.29 is 4.74 Å². The van der Waals surface area contributed by atoms with Gasteiger partial charge < -0.3 is 20.7 Å². The van der Waals surface area contributed by atoms with E-state index in [1.807, 2.05) is 14.1 Å². The molecule has 3 N–H and O–H groups in total. The summed E-state index contributed by atoms with van der Waals surface area (Å²) >= 11 is 4.79. The van der Waals surface area contributed by atoms with E-state index >= 15 is 0 Å². The van der Waals surface area contributed by atoms with Gasteiger partial charge in [-0.05, 0) is 14.1 Å². The van der Waals surface area contributed by atoms with E-state index in [2.05, 4.69) is 20.2 Å². The first-order valence-electron chi connectivity index (χ1n) is 5.68. The summed E-state index contributed by atoms with van der Waals surface area (Å²) in [6, 6.07) is 0. The second-order valence-corrected chi connectivity index (χ2v) is 4.43. The molecule has 0 saturated carbocycles. The lowest BCUT2D eigenvalue weighted by molar-refractivity contribution is 0.126. The van der Waals surface area contributed by atoms with Crippen molar-refractivity contribution >= 4 is 23.0 Å². The van der Waals surface area contributed by atoms with Gasteiger partial charge in [-0.2, -0.15) is 0 Å². The van der Waals surface area contributed by atoms with Crippen LogP contribution in [0.1, 0.15) is 5.69 Å². The molecule has 1 aromatic heterocycles. The van der Waals surface area contributed by atoms with Crippen LogP contribution in [0.3, 0.4) is 0 Å². The predicted molar refractivity (Wildman–Crippen MR) is 75.8 cm³/mol. The summed E-state index contributed by atoms with van der Waals surface area (Å²) in [4.78, 5) is 10.5. The third-order valence-corrected chi connectivity index (χ3v) is 2.35. The Hall–Kier alpha value is -1.31. The molecule has 0 fully saturated rings. The monoisotopic (exact) mass is 269 g/mol. The highest BCUT2D eigenvalue weighted by Crippen LogP contribution is 2.00. The molecule has 0 spiro atoms. The molecule has 0 aliphatic rings. The molecule has 0 atom stereocenters. The molecule has 1 heterocycles. The molecular formula is C11H19N5OS. The number of anilines is 1. The standard InChI is InChI=1S/C11H19N5OS/c1-16(2)4-6-17-5-3-13-10-8-14-9(7-15-10)11(12)18/h7-8H,3-6H2,1-2H3,(H2,12,18)(H,13,15). The Labute approximate surface area is 113 Å². The minimum absolute atomic E-state index is 0.251. The van der Waals surface area contributed by atoms with Gasteiger partial charge in [0, 0.05) is 13.1 Å². The van der Waals surface area contributed by atoms with E-state index in [1.54, 1.807) is 12.4 Å². The van der Waals surface area contributed by atoms with Crippen molar-refractivity contribution in [1.82, 2.24) is 14.9 Å². The van der Waals surface area contributed by atoms with E-state index < -0.39 is 0 Å². The first-order valence-corrected chi connectivity index (χ1v) is 6.08. The fraction of sp³-hybridized carbons (Fsp3) is 0.545. The Kier molecular flexibility index (Phi) is 6.48. The number of likely N-dealkylation sites (N-methyl/N-ethyl adjacent to an activating group) is 1. The van der Waals surface area contributed by atoms with E-state index in [0.29, 0.717) is 24.7 Å². The van der Waals surface area contributed by atoms with Crippen molar-refractivity contribution in [3.63, 3.8) is 0 Å². The van der Waals surface area contributed by atoms with Gasteiger partial charge in [0.25, 0.3) is 0 Å². The summed E-state index contributed by atoms with van der Waals surface area (Å²) in [5, 5.41) is 3.10. The van der Waals surface area contributed by atoms with Gasteiger partial charge in [-0.3, -0.25) is 0 Å². The van der Waals surface area contributed by atoms with Crippen LogP contribution >= 0.6 is 12.2 Å². The number of thiocarbonyl (C=S) groups is 1. The smallest absolute Gasteiger partial charge is 0.144 e. The van der Waals surface area contributed by atoms with E-state index in [9.17, 15) is 0 Å². The van der Waals surface area contributed by atoms with Crippen LogP contribution in [-0.4, -0.2) is 60.3 Å². The SMILES string of the molecule is CN(C)CCOCCNc1cnc(C(N)=S)cn1. The average molecular weight is 269 g/mol. The van der Waals surface area contributed by atoms with E-state index in [0.717, 1.165) is 13.2 Å². The van der Waals surface area contributed by atoms with Crippen molar-refractivity contribution in [2.45, 2.75) is 0 Å². The maximum Gasteiger partial charge on any atom is 0.144 e. The molecule has 0 radical (unpaired) electrons. The molecule has 0 aromatic carbocycles. The number of nitrogens with zero attached hydrogens (tertiary/aromatic N) is 3. The van der Waals surface area contributed by atoms with E-state index in [1.165, 1.54) is 0 Å². The van der Waals surface area contributed by atoms with Gasteiger partial charge in [0.15, 0.2) is 0 Å². The van der Waals surface area contributed by atoms with Gasteiger partial charge in [-0.15, -0.1) is 0 Å². The third kappa shape index (κ3) is 5.85. The molecule has 100 valence electrons. The normalized spacial score (nSPS) is 10.6. The highest BCUT2D eigenvalue weighted by Gasteiger charge is 1.99. The summed E-state index contributed by atoms with van der Waals surface area (Å²) in [6.07, 6.45) is 3.16. The quantitative estimate of drug-likeness (QED) is 0.512. The topological polar surface area (TPSA) is 76.3 Å². The minimum atomic E-state index is 0.251. The number of hydrogen-bond donors (Lipinski definition) is 2. The molecule has 0 saturated heterocycles. The zero-order valence-corrected chi connectivity index (χ0v) is 11.5. The maximum atomic E-state index is 5.44. The van der Waals surface area contributed by atoms with Gasteiger partial charge in [-0.1, -0.05) is 12.2 Å². The van der Waals surface area contributed by atoms with Crippen LogP contribution in [0, 0.1) is 0 Å². The number of rotatable bonds is 8. The highest BCUT2D eigenvalue weighted by atomic mass is 32.1. The number of hydrogen-bond acceptors (Lipinski definition) is 6. The average Bonchev–Trinajstić information content (AvgIpc) is 2.34. The number of ether oxygens (including phenoxy) is 1. The fourth-order valence-electron chi connectivity index (χ4n) is 1.15. The molecule has 0 amide bonds. The van der Waals surface area contributed by atoms with Gasteiger partial charge in [0.05, 0.1) is 25.6 Å². The Bertz CT molecular complexity index is 368. The van der Waals surface area contributed by atoms with Gasteiger partial charge >= 0.3 is 0 Å². The molecule has 0 aliphatic heterocycles. The van der Waals surface area contributed by atoms with Crippen LogP contribution in [0.25, 0.3) is 0 Å². The number of aromatic nitrogens is 2. The van der Waals surface area contributed by atoms with E-state index in [-0.39, 0.29) is 4.99 Å². The van der Waals surface area contributed by atoms with Crippen LogP contribution in [0.4, 0.5) is 5.82 Å². The molecule has 0 bridgehead atoms. The summed E-state index contributed by atoms with van der Waals surface area (Å²) < 4.78 is 5.44. The Morgan fingerprint density at radius 2 is 2.17 bits per heavy atom. The first-order chi connectivity index (χ1) is 8.59. The zero-order valence-electron chi connectivity index (χ0n) is 10.7. The van der Waals surface area contributed by atoms with Crippen molar-refractivity contribution in [2.75, 3.05) is 45.7 Å². The van der Waals surface area contributed by atoms with Crippen molar-refractivity contribution in [1.29, 1.82) is 0 Å².